The fourth-order valence-electron chi connectivity index (χ4n) is 2.19. The standard InChI is InChI=1S/C18H21NO2S/c1-4-19(13-14-5-9-16(21-2)10-6-14)18(20)15-7-11-17(22-3)12-8-15/h5-12H,4,13H2,1-3H3. The number of hydrogen-bond donors (Lipinski definition) is 0. The van der Waals surface area contributed by atoms with Gasteiger partial charge in [-0.3, -0.25) is 4.79 Å². The number of methoxy groups -OCH3 is 1. The highest BCUT2D eigenvalue weighted by Gasteiger charge is 2.14. The van der Waals surface area contributed by atoms with Crippen molar-refractivity contribution < 1.29 is 9.53 Å². The van der Waals surface area contributed by atoms with E-state index in [0.29, 0.717) is 13.1 Å². The molecule has 3 nitrogen and oxygen atoms in total. The molecule has 4 heteroatoms. The van der Waals surface area contributed by atoms with E-state index < -0.39 is 0 Å². The number of rotatable bonds is 6. The predicted octanol–water partition coefficient (Wildman–Crippen LogP) is 4.08. The minimum atomic E-state index is 0.0611. The Morgan fingerprint density at radius 3 is 2.23 bits per heavy atom. The highest BCUT2D eigenvalue weighted by molar-refractivity contribution is 7.98. The van der Waals surface area contributed by atoms with Crippen molar-refractivity contribution in [2.45, 2.75) is 18.4 Å². The third-order valence-electron chi connectivity index (χ3n) is 3.54. The van der Waals surface area contributed by atoms with E-state index in [0.717, 1.165) is 21.8 Å². The molecule has 2 aromatic rings. The van der Waals surface area contributed by atoms with Gasteiger partial charge in [0.2, 0.25) is 0 Å². The van der Waals surface area contributed by atoms with E-state index in [9.17, 15) is 4.79 Å². The SMILES string of the molecule is CCN(Cc1ccc(OC)cc1)C(=O)c1ccc(SC)cc1. The Hall–Kier alpha value is -1.94. The highest BCUT2D eigenvalue weighted by Crippen LogP contribution is 2.17. The molecule has 0 atom stereocenters. The Morgan fingerprint density at radius 1 is 1.09 bits per heavy atom. The zero-order chi connectivity index (χ0) is 15.9. The smallest absolute Gasteiger partial charge is 0.254 e. The lowest BCUT2D eigenvalue weighted by atomic mass is 10.1. The normalized spacial score (nSPS) is 10.3. The van der Waals surface area contributed by atoms with Gasteiger partial charge in [0.05, 0.1) is 7.11 Å². The van der Waals surface area contributed by atoms with Crippen LogP contribution in [0.15, 0.2) is 53.4 Å². The summed E-state index contributed by atoms with van der Waals surface area (Å²) in [6.45, 7) is 3.27. The Kier molecular flexibility index (Phi) is 5.90. The van der Waals surface area contributed by atoms with Crippen LogP contribution in [0.5, 0.6) is 5.75 Å². The third kappa shape index (κ3) is 4.04. The molecule has 0 saturated heterocycles. The molecule has 0 aromatic heterocycles. The zero-order valence-electron chi connectivity index (χ0n) is 13.2. The number of thioether (sulfide) groups is 1. The molecule has 0 spiro atoms. The van der Waals surface area contributed by atoms with Gasteiger partial charge in [0.25, 0.3) is 5.91 Å². The number of hydrogen-bond acceptors (Lipinski definition) is 3. The first-order valence-electron chi connectivity index (χ1n) is 7.24. The summed E-state index contributed by atoms with van der Waals surface area (Å²) in [7, 11) is 1.65. The molecule has 1 amide bonds. The van der Waals surface area contributed by atoms with Crippen molar-refractivity contribution in [3.63, 3.8) is 0 Å². The molecule has 22 heavy (non-hydrogen) atoms. The molecule has 0 bridgehead atoms. The van der Waals surface area contributed by atoms with Crippen molar-refractivity contribution in [2.75, 3.05) is 19.9 Å². The predicted molar refractivity (Wildman–Crippen MR) is 91.6 cm³/mol. The van der Waals surface area contributed by atoms with Crippen molar-refractivity contribution in [2.24, 2.45) is 0 Å². The average molecular weight is 315 g/mol. The van der Waals surface area contributed by atoms with E-state index in [1.54, 1.807) is 18.9 Å². The van der Waals surface area contributed by atoms with Gasteiger partial charge in [0, 0.05) is 23.5 Å². The fraction of sp³-hybridized carbons (Fsp3) is 0.278. The van der Waals surface area contributed by atoms with Crippen LogP contribution in [0, 0.1) is 0 Å². The number of amides is 1. The van der Waals surface area contributed by atoms with Crippen molar-refractivity contribution in [3.8, 4) is 5.75 Å². The number of ether oxygens (including phenoxy) is 1. The molecule has 0 aliphatic rings. The van der Waals surface area contributed by atoms with Crippen LogP contribution in [0.25, 0.3) is 0 Å². The molecule has 116 valence electrons. The molecule has 0 heterocycles. The van der Waals surface area contributed by atoms with Crippen LogP contribution in [0.4, 0.5) is 0 Å². The molecule has 2 aromatic carbocycles. The number of nitrogens with zero attached hydrogens (tertiary/aromatic N) is 1. The van der Waals surface area contributed by atoms with Crippen LogP contribution in [-0.4, -0.2) is 30.7 Å². The van der Waals surface area contributed by atoms with Gasteiger partial charge in [-0.05, 0) is 55.1 Å². The number of carbonyl (C=O) groups is 1. The van der Waals surface area contributed by atoms with Crippen LogP contribution in [-0.2, 0) is 6.54 Å². The highest BCUT2D eigenvalue weighted by atomic mass is 32.2. The molecule has 0 aliphatic carbocycles. The number of benzene rings is 2. The van der Waals surface area contributed by atoms with Crippen LogP contribution in [0.1, 0.15) is 22.8 Å². The van der Waals surface area contributed by atoms with Gasteiger partial charge in [-0.25, -0.2) is 0 Å². The van der Waals surface area contributed by atoms with Crippen molar-refractivity contribution in [1.29, 1.82) is 0 Å². The van der Waals surface area contributed by atoms with Crippen molar-refractivity contribution in [3.05, 3.63) is 59.7 Å². The summed E-state index contributed by atoms with van der Waals surface area (Å²) < 4.78 is 5.16. The van der Waals surface area contributed by atoms with Gasteiger partial charge in [0.15, 0.2) is 0 Å². The van der Waals surface area contributed by atoms with E-state index in [-0.39, 0.29) is 5.91 Å². The van der Waals surface area contributed by atoms with Crippen molar-refractivity contribution >= 4 is 17.7 Å². The average Bonchev–Trinajstić information content (AvgIpc) is 2.59. The largest absolute Gasteiger partial charge is 0.497 e. The molecule has 0 aliphatic heterocycles. The lowest BCUT2D eigenvalue weighted by Crippen LogP contribution is -2.30. The molecule has 0 unspecified atom stereocenters. The molecule has 0 N–H and O–H groups in total. The van der Waals surface area contributed by atoms with Crippen LogP contribution < -0.4 is 4.74 Å². The Balaban J connectivity index is 2.10. The molecule has 0 radical (unpaired) electrons. The van der Waals surface area contributed by atoms with Gasteiger partial charge >= 0.3 is 0 Å². The van der Waals surface area contributed by atoms with Crippen LogP contribution in [0.2, 0.25) is 0 Å². The van der Waals surface area contributed by atoms with E-state index in [1.165, 1.54) is 0 Å². The molecule has 0 fully saturated rings. The monoisotopic (exact) mass is 315 g/mol. The summed E-state index contributed by atoms with van der Waals surface area (Å²) in [5.41, 5.74) is 1.82. The van der Waals surface area contributed by atoms with E-state index in [2.05, 4.69) is 0 Å². The summed E-state index contributed by atoms with van der Waals surface area (Å²) >= 11 is 1.67. The van der Waals surface area contributed by atoms with Gasteiger partial charge in [-0.15, -0.1) is 11.8 Å². The minimum absolute atomic E-state index is 0.0611. The second-order valence-corrected chi connectivity index (χ2v) is 5.78. The number of carbonyl (C=O) groups excluding carboxylic acids is 1. The Morgan fingerprint density at radius 2 is 1.73 bits per heavy atom. The molecule has 0 saturated carbocycles. The van der Waals surface area contributed by atoms with Gasteiger partial charge in [-0.1, -0.05) is 12.1 Å². The summed E-state index contributed by atoms with van der Waals surface area (Å²) in [4.78, 5) is 15.6. The second-order valence-electron chi connectivity index (χ2n) is 4.90. The topological polar surface area (TPSA) is 29.5 Å². The van der Waals surface area contributed by atoms with Crippen molar-refractivity contribution in [1.82, 2.24) is 4.90 Å². The Bertz CT molecular complexity index is 608. The summed E-state index contributed by atoms with van der Waals surface area (Å²) in [6, 6.07) is 15.6. The zero-order valence-corrected chi connectivity index (χ0v) is 14.0. The third-order valence-corrected chi connectivity index (χ3v) is 4.28. The molecular weight excluding hydrogens is 294 g/mol. The van der Waals surface area contributed by atoms with Gasteiger partial charge in [0.1, 0.15) is 5.75 Å². The first kappa shape index (κ1) is 16.4. The minimum Gasteiger partial charge on any atom is -0.497 e. The summed E-state index contributed by atoms with van der Waals surface area (Å²) in [5, 5.41) is 0. The van der Waals surface area contributed by atoms with Gasteiger partial charge in [-0.2, -0.15) is 0 Å². The molecular formula is C18H21NO2S. The maximum Gasteiger partial charge on any atom is 0.254 e. The summed E-state index contributed by atoms with van der Waals surface area (Å²) in [5.74, 6) is 0.886. The lowest BCUT2D eigenvalue weighted by molar-refractivity contribution is 0.0752. The van der Waals surface area contributed by atoms with Crippen LogP contribution >= 0.6 is 11.8 Å². The first-order chi connectivity index (χ1) is 10.7. The second kappa shape index (κ2) is 7.90. The Labute approximate surface area is 136 Å². The lowest BCUT2D eigenvalue weighted by Gasteiger charge is -2.21. The van der Waals surface area contributed by atoms with Crippen LogP contribution in [0.3, 0.4) is 0 Å². The maximum absolute atomic E-state index is 12.6. The molecule has 2 rings (SSSR count). The quantitative estimate of drug-likeness (QED) is 0.752. The summed E-state index contributed by atoms with van der Waals surface area (Å²) in [6.07, 6.45) is 2.03. The van der Waals surface area contributed by atoms with E-state index in [4.69, 9.17) is 4.74 Å². The van der Waals surface area contributed by atoms with E-state index in [1.807, 2.05) is 66.6 Å². The fourth-order valence-corrected chi connectivity index (χ4v) is 2.60. The first-order valence-corrected chi connectivity index (χ1v) is 8.46. The van der Waals surface area contributed by atoms with Gasteiger partial charge < -0.3 is 9.64 Å². The van der Waals surface area contributed by atoms with E-state index >= 15 is 0 Å². The maximum atomic E-state index is 12.6.